The Balaban J connectivity index is 1.55. The lowest BCUT2D eigenvalue weighted by Crippen LogP contribution is -2.38. The van der Waals surface area contributed by atoms with Gasteiger partial charge in [-0.3, -0.25) is 15.0 Å². The highest BCUT2D eigenvalue weighted by atomic mass is 16.6. The molecule has 0 bridgehead atoms. The van der Waals surface area contributed by atoms with Gasteiger partial charge in [0.2, 0.25) is 0 Å². The predicted octanol–water partition coefficient (Wildman–Crippen LogP) is 0.646. The molecule has 0 saturated carbocycles. The zero-order chi connectivity index (χ0) is 17.2. The summed E-state index contributed by atoms with van der Waals surface area (Å²) in [5, 5.41) is 23.8. The molecule has 1 atom stereocenters. The molecule has 2 rings (SSSR count). The van der Waals surface area contributed by atoms with Gasteiger partial charge < -0.3 is 19.9 Å². The maximum absolute atomic E-state index is 10.7. The van der Waals surface area contributed by atoms with E-state index in [-0.39, 0.29) is 12.3 Å². The molecule has 1 saturated heterocycles. The summed E-state index contributed by atoms with van der Waals surface area (Å²) in [6.45, 7) is 5.96. The topological polar surface area (TPSA) is 97.1 Å². The molecule has 0 amide bonds. The Kier molecular flexibility index (Phi) is 7.90. The minimum Gasteiger partial charge on any atom is -0.491 e. The molecule has 1 aliphatic rings. The van der Waals surface area contributed by atoms with Gasteiger partial charge in [0.25, 0.3) is 5.69 Å². The number of ether oxygens (including phenoxy) is 2. The predicted molar refractivity (Wildman–Crippen MR) is 89.3 cm³/mol. The second-order valence-corrected chi connectivity index (χ2v) is 5.73. The Bertz CT molecular complexity index is 508. The summed E-state index contributed by atoms with van der Waals surface area (Å²) in [6.07, 6.45) is 0.353. The van der Waals surface area contributed by atoms with E-state index in [2.05, 4.69) is 10.2 Å². The van der Waals surface area contributed by atoms with Gasteiger partial charge in [-0.1, -0.05) is 6.07 Å². The molecule has 2 N–H and O–H groups in total. The summed E-state index contributed by atoms with van der Waals surface area (Å²) in [7, 11) is 0. The summed E-state index contributed by atoms with van der Waals surface area (Å²) >= 11 is 0. The molecule has 0 spiro atoms. The van der Waals surface area contributed by atoms with Crippen LogP contribution in [-0.4, -0.2) is 73.6 Å². The van der Waals surface area contributed by atoms with Crippen molar-refractivity contribution in [3.05, 3.63) is 34.4 Å². The summed E-state index contributed by atoms with van der Waals surface area (Å²) in [6, 6.07) is 5.95. The van der Waals surface area contributed by atoms with Gasteiger partial charge in [-0.25, -0.2) is 0 Å². The van der Waals surface area contributed by atoms with Crippen LogP contribution in [0.2, 0.25) is 0 Å². The van der Waals surface area contributed by atoms with Crippen LogP contribution < -0.4 is 10.1 Å². The maximum Gasteiger partial charge on any atom is 0.273 e. The minimum absolute atomic E-state index is 0.0248. The van der Waals surface area contributed by atoms with Crippen LogP contribution in [0.1, 0.15) is 6.42 Å². The molecular weight excluding hydrogens is 314 g/mol. The SMILES string of the molecule is O=[N+]([O-])c1cccc(OCC(O)CNCCCN2CCOCC2)c1. The molecule has 1 aliphatic heterocycles. The van der Waals surface area contributed by atoms with E-state index in [9.17, 15) is 15.2 Å². The monoisotopic (exact) mass is 339 g/mol. The number of nitrogens with one attached hydrogen (secondary N) is 1. The van der Waals surface area contributed by atoms with E-state index in [1.165, 1.54) is 12.1 Å². The van der Waals surface area contributed by atoms with E-state index < -0.39 is 11.0 Å². The summed E-state index contributed by atoms with van der Waals surface area (Å²) in [5.41, 5.74) is -0.0248. The van der Waals surface area contributed by atoms with Crippen molar-refractivity contribution in [1.82, 2.24) is 10.2 Å². The highest BCUT2D eigenvalue weighted by Crippen LogP contribution is 2.19. The minimum atomic E-state index is -0.660. The third-order valence-corrected chi connectivity index (χ3v) is 3.78. The summed E-state index contributed by atoms with van der Waals surface area (Å²) in [4.78, 5) is 12.6. The fourth-order valence-corrected chi connectivity index (χ4v) is 2.46. The number of rotatable bonds is 10. The Hall–Kier alpha value is -1.74. The molecule has 8 nitrogen and oxygen atoms in total. The van der Waals surface area contributed by atoms with Crippen molar-refractivity contribution >= 4 is 5.69 Å². The lowest BCUT2D eigenvalue weighted by Gasteiger charge is -2.26. The first kappa shape index (κ1) is 18.6. The van der Waals surface area contributed by atoms with Crippen LogP contribution in [0.5, 0.6) is 5.75 Å². The van der Waals surface area contributed by atoms with Crippen LogP contribution in [0, 0.1) is 10.1 Å². The van der Waals surface area contributed by atoms with Gasteiger partial charge in [0.05, 0.1) is 24.2 Å². The van der Waals surface area contributed by atoms with E-state index >= 15 is 0 Å². The number of non-ortho nitro benzene ring substituents is 1. The molecule has 134 valence electrons. The quantitative estimate of drug-likeness (QED) is 0.367. The molecule has 1 aromatic rings. The molecule has 0 aromatic heterocycles. The zero-order valence-electron chi connectivity index (χ0n) is 13.7. The highest BCUT2D eigenvalue weighted by Gasteiger charge is 2.10. The maximum atomic E-state index is 10.7. The van der Waals surface area contributed by atoms with Gasteiger partial charge in [0.15, 0.2) is 0 Å². The van der Waals surface area contributed by atoms with Crippen molar-refractivity contribution < 1.29 is 19.5 Å². The number of hydrogen-bond donors (Lipinski definition) is 2. The number of benzene rings is 1. The molecule has 1 unspecified atom stereocenters. The van der Waals surface area contributed by atoms with Crippen LogP contribution >= 0.6 is 0 Å². The third-order valence-electron chi connectivity index (χ3n) is 3.78. The Morgan fingerprint density at radius 3 is 2.96 bits per heavy atom. The summed E-state index contributed by atoms with van der Waals surface area (Å²) in [5.74, 6) is 0.385. The van der Waals surface area contributed by atoms with E-state index in [0.717, 1.165) is 45.8 Å². The number of hydrogen-bond acceptors (Lipinski definition) is 7. The van der Waals surface area contributed by atoms with Crippen molar-refractivity contribution in [3.8, 4) is 5.75 Å². The van der Waals surface area contributed by atoms with Crippen molar-refractivity contribution in [2.75, 3.05) is 52.5 Å². The first-order chi connectivity index (χ1) is 11.6. The summed E-state index contributed by atoms with van der Waals surface area (Å²) < 4.78 is 10.7. The fraction of sp³-hybridized carbons (Fsp3) is 0.625. The molecule has 1 fully saturated rings. The number of nitrogens with zero attached hydrogens (tertiary/aromatic N) is 2. The van der Waals surface area contributed by atoms with Crippen molar-refractivity contribution in [2.45, 2.75) is 12.5 Å². The number of morpholine rings is 1. The van der Waals surface area contributed by atoms with E-state index in [0.29, 0.717) is 12.3 Å². The molecule has 0 radical (unpaired) electrons. The van der Waals surface area contributed by atoms with E-state index in [1.54, 1.807) is 12.1 Å². The Morgan fingerprint density at radius 1 is 1.42 bits per heavy atom. The Labute approximate surface area is 141 Å². The smallest absolute Gasteiger partial charge is 0.273 e. The molecule has 1 heterocycles. The number of nitro benzene ring substituents is 1. The van der Waals surface area contributed by atoms with Gasteiger partial charge >= 0.3 is 0 Å². The first-order valence-corrected chi connectivity index (χ1v) is 8.21. The van der Waals surface area contributed by atoms with E-state index in [1.807, 2.05) is 0 Å². The average molecular weight is 339 g/mol. The van der Waals surface area contributed by atoms with Crippen molar-refractivity contribution in [3.63, 3.8) is 0 Å². The van der Waals surface area contributed by atoms with Gasteiger partial charge in [-0.15, -0.1) is 0 Å². The molecule has 0 aliphatic carbocycles. The van der Waals surface area contributed by atoms with Gasteiger partial charge in [-0.05, 0) is 25.6 Å². The second-order valence-electron chi connectivity index (χ2n) is 5.73. The van der Waals surface area contributed by atoms with Gasteiger partial charge in [-0.2, -0.15) is 0 Å². The van der Waals surface area contributed by atoms with Crippen molar-refractivity contribution in [2.24, 2.45) is 0 Å². The standard InChI is InChI=1S/C16H25N3O5/c20-15(12-17-5-2-6-18-7-9-23-10-8-18)13-24-16-4-1-3-14(11-16)19(21)22/h1,3-4,11,15,17,20H,2,5-10,12-13H2. The largest absolute Gasteiger partial charge is 0.491 e. The van der Waals surface area contributed by atoms with Crippen molar-refractivity contribution in [1.29, 1.82) is 0 Å². The number of nitro groups is 1. The van der Waals surface area contributed by atoms with Gasteiger partial charge in [0.1, 0.15) is 18.5 Å². The second kappa shape index (κ2) is 10.2. The van der Waals surface area contributed by atoms with Crippen LogP contribution in [-0.2, 0) is 4.74 Å². The average Bonchev–Trinajstić information content (AvgIpc) is 2.61. The molecule has 8 heteroatoms. The van der Waals surface area contributed by atoms with Crippen LogP contribution in [0.15, 0.2) is 24.3 Å². The zero-order valence-corrected chi connectivity index (χ0v) is 13.7. The van der Waals surface area contributed by atoms with Crippen LogP contribution in [0.4, 0.5) is 5.69 Å². The fourth-order valence-electron chi connectivity index (χ4n) is 2.46. The third kappa shape index (κ3) is 6.79. The normalized spacial score (nSPS) is 16.7. The number of aliphatic hydroxyl groups is 1. The Morgan fingerprint density at radius 2 is 2.21 bits per heavy atom. The number of aliphatic hydroxyl groups excluding tert-OH is 1. The molecule has 24 heavy (non-hydrogen) atoms. The highest BCUT2D eigenvalue weighted by molar-refractivity contribution is 5.37. The van der Waals surface area contributed by atoms with Crippen LogP contribution in [0.3, 0.4) is 0 Å². The van der Waals surface area contributed by atoms with Crippen LogP contribution in [0.25, 0.3) is 0 Å². The van der Waals surface area contributed by atoms with Gasteiger partial charge in [0, 0.05) is 25.7 Å². The molecule has 1 aromatic carbocycles. The van der Waals surface area contributed by atoms with E-state index in [4.69, 9.17) is 9.47 Å². The molecular formula is C16H25N3O5. The lowest BCUT2D eigenvalue weighted by atomic mass is 10.3. The first-order valence-electron chi connectivity index (χ1n) is 8.21. The lowest BCUT2D eigenvalue weighted by molar-refractivity contribution is -0.384.